The van der Waals surface area contributed by atoms with Crippen LogP contribution in [0.25, 0.3) is 0 Å². The SMILES string of the molecule is C=CCOCCC(NC=O)C(=O)OC. The number of esters is 1. The monoisotopic (exact) mass is 201 g/mol. The van der Waals surface area contributed by atoms with Gasteiger partial charge in [-0.15, -0.1) is 6.58 Å². The van der Waals surface area contributed by atoms with Crippen molar-refractivity contribution < 1.29 is 19.1 Å². The number of methoxy groups -OCH3 is 1. The molecule has 14 heavy (non-hydrogen) atoms. The Labute approximate surface area is 83.1 Å². The normalized spacial score (nSPS) is 11.5. The first-order valence-electron chi connectivity index (χ1n) is 4.22. The molecule has 1 amide bonds. The van der Waals surface area contributed by atoms with E-state index in [0.717, 1.165) is 0 Å². The standard InChI is InChI=1S/C9H15NO4/c1-3-5-14-6-4-8(10-7-11)9(12)13-2/h3,7-8H,1,4-6H2,2H3,(H,10,11). The van der Waals surface area contributed by atoms with Gasteiger partial charge in [0.05, 0.1) is 13.7 Å². The topological polar surface area (TPSA) is 64.6 Å². The number of ether oxygens (including phenoxy) is 2. The van der Waals surface area contributed by atoms with E-state index in [4.69, 9.17) is 4.74 Å². The lowest BCUT2D eigenvalue weighted by Crippen LogP contribution is -2.37. The third-order valence-electron chi connectivity index (χ3n) is 1.54. The van der Waals surface area contributed by atoms with Crippen LogP contribution < -0.4 is 5.32 Å². The molecule has 0 saturated heterocycles. The summed E-state index contributed by atoms with van der Waals surface area (Å²) in [6.45, 7) is 4.27. The van der Waals surface area contributed by atoms with Gasteiger partial charge in [0.2, 0.25) is 6.41 Å². The molecule has 0 aliphatic heterocycles. The Hall–Kier alpha value is -1.36. The molecule has 0 aliphatic rings. The van der Waals surface area contributed by atoms with Crippen molar-refractivity contribution in [3.63, 3.8) is 0 Å². The highest BCUT2D eigenvalue weighted by atomic mass is 16.5. The van der Waals surface area contributed by atoms with Crippen LogP contribution in [0, 0.1) is 0 Å². The van der Waals surface area contributed by atoms with Crippen molar-refractivity contribution >= 4 is 12.4 Å². The summed E-state index contributed by atoms with van der Waals surface area (Å²) in [4.78, 5) is 21.2. The Bertz CT molecular complexity index is 193. The number of rotatable bonds is 8. The summed E-state index contributed by atoms with van der Waals surface area (Å²) in [5, 5.41) is 2.35. The van der Waals surface area contributed by atoms with Crippen molar-refractivity contribution in [1.82, 2.24) is 5.32 Å². The lowest BCUT2D eigenvalue weighted by atomic mass is 10.2. The van der Waals surface area contributed by atoms with Gasteiger partial charge in [0.15, 0.2) is 0 Å². The molecule has 0 heterocycles. The van der Waals surface area contributed by atoms with Crippen LogP contribution in [0.15, 0.2) is 12.7 Å². The molecule has 0 fully saturated rings. The Morgan fingerprint density at radius 3 is 2.86 bits per heavy atom. The van der Waals surface area contributed by atoms with Gasteiger partial charge in [-0.2, -0.15) is 0 Å². The van der Waals surface area contributed by atoms with Crippen LogP contribution in [-0.2, 0) is 19.1 Å². The first-order valence-corrected chi connectivity index (χ1v) is 4.22. The van der Waals surface area contributed by atoms with E-state index in [0.29, 0.717) is 26.0 Å². The second-order valence-electron chi connectivity index (χ2n) is 2.51. The van der Waals surface area contributed by atoms with Gasteiger partial charge < -0.3 is 14.8 Å². The van der Waals surface area contributed by atoms with E-state index < -0.39 is 12.0 Å². The van der Waals surface area contributed by atoms with Crippen LogP contribution in [-0.4, -0.2) is 38.7 Å². The maximum atomic E-state index is 11.0. The third-order valence-corrected chi connectivity index (χ3v) is 1.54. The maximum Gasteiger partial charge on any atom is 0.328 e. The maximum absolute atomic E-state index is 11.0. The van der Waals surface area contributed by atoms with Crippen LogP contribution in [0.2, 0.25) is 0 Å². The zero-order valence-electron chi connectivity index (χ0n) is 8.19. The average molecular weight is 201 g/mol. The summed E-state index contributed by atoms with van der Waals surface area (Å²) in [5.74, 6) is -0.473. The zero-order valence-corrected chi connectivity index (χ0v) is 8.19. The Morgan fingerprint density at radius 2 is 2.36 bits per heavy atom. The fourth-order valence-electron chi connectivity index (χ4n) is 0.861. The number of hydrogen-bond donors (Lipinski definition) is 1. The Kier molecular flexibility index (Phi) is 7.45. The van der Waals surface area contributed by atoms with E-state index in [2.05, 4.69) is 16.6 Å². The molecule has 0 saturated carbocycles. The highest BCUT2D eigenvalue weighted by Gasteiger charge is 2.17. The van der Waals surface area contributed by atoms with E-state index in [9.17, 15) is 9.59 Å². The van der Waals surface area contributed by atoms with E-state index in [1.807, 2.05) is 0 Å². The minimum atomic E-state index is -0.637. The predicted molar refractivity (Wildman–Crippen MR) is 50.6 cm³/mol. The van der Waals surface area contributed by atoms with Crippen LogP contribution in [0.5, 0.6) is 0 Å². The molecule has 1 N–H and O–H groups in total. The molecule has 0 bridgehead atoms. The van der Waals surface area contributed by atoms with Crippen LogP contribution in [0.3, 0.4) is 0 Å². The largest absolute Gasteiger partial charge is 0.467 e. The first-order chi connectivity index (χ1) is 6.76. The molecule has 80 valence electrons. The molecular formula is C9H15NO4. The number of carbonyl (C=O) groups excluding carboxylic acids is 2. The molecule has 0 radical (unpaired) electrons. The lowest BCUT2D eigenvalue weighted by molar-refractivity contribution is -0.144. The second-order valence-corrected chi connectivity index (χ2v) is 2.51. The molecular weight excluding hydrogens is 186 g/mol. The lowest BCUT2D eigenvalue weighted by Gasteiger charge is -2.12. The van der Waals surface area contributed by atoms with Crippen molar-refractivity contribution in [2.45, 2.75) is 12.5 Å². The molecule has 5 nitrogen and oxygen atoms in total. The molecule has 1 unspecified atom stereocenters. The smallest absolute Gasteiger partial charge is 0.328 e. The van der Waals surface area contributed by atoms with Crippen molar-refractivity contribution in [2.75, 3.05) is 20.3 Å². The summed E-state index contributed by atoms with van der Waals surface area (Å²) < 4.78 is 9.56. The van der Waals surface area contributed by atoms with E-state index >= 15 is 0 Å². The Balaban J connectivity index is 3.78. The van der Waals surface area contributed by atoms with Crippen molar-refractivity contribution in [3.05, 3.63) is 12.7 Å². The van der Waals surface area contributed by atoms with Gasteiger partial charge >= 0.3 is 5.97 Å². The molecule has 0 spiro atoms. The van der Waals surface area contributed by atoms with Crippen molar-refractivity contribution in [1.29, 1.82) is 0 Å². The van der Waals surface area contributed by atoms with Gasteiger partial charge in [0, 0.05) is 13.0 Å². The van der Waals surface area contributed by atoms with E-state index in [-0.39, 0.29) is 0 Å². The highest BCUT2D eigenvalue weighted by molar-refractivity contribution is 5.77. The predicted octanol–water partition coefficient (Wildman–Crippen LogP) is -0.133. The first kappa shape index (κ1) is 12.6. The quantitative estimate of drug-likeness (QED) is 0.257. The van der Waals surface area contributed by atoms with Crippen LogP contribution in [0.4, 0.5) is 0 Å². The van der Waals surface area contributed by atoms with Crippen molar-refractivity contribution in [3.8, 4) is 0 Å². The molecule has 1 atom stereocenters. The van der Waals surface area contributed by atoms with Gasteiger partial charge in [0.25, 0.3) is 0 Å². The van der Waals surface area contributed by atoms with Gasteiger partial charge in [0.1, 0.15) is 6.04 Å². The minimum absolute atomic E-state index is 0.368. The molecule has 0 aliphatic carbocycles. The summed E-state index contributed by atoms with van der Waals surface area (Å²) >= 11 is 0. The van der Waals surface area contributed by atoms with Gasteiger partial charge in [-0.25, -0.2) is 4.79 Å². The number of carbonyl (C=O) groups is 2. The molecule has 0 aromatic heterocycles. The molecule has 0 rings (SSSR count). The fourth-order valence-corrected chi connectivity index (χ4v) is 0.861. The molecule has 0 aromatic carbocycles. The number of hydrogen-bond acceptors (Lipinski definition) is 4. The molecule has 5 heteroatoms. The highest BCUT2D eigenvalue weighted by Crippen LogP contribution is 1.95. The summed E-state index contributed by atoms with van der Waals surface area (Å²) in [5.41, 5.74) is 0. The third kappa shape index (κ3) is 5.31. The molecule has 0 aromatic rings. The van der Waals surface area contributed by atoms with Crippen LogP contribution in [0.1, 0.15) is 6.42 Å². The van der Waals surface area contributed by atoms with Crippen LogP contribution >= 0.6 is 0 Å². The minimum Gasteiger partial charge on any atom is -0.467 e. The van der Waals surface area contributed by atoms with Crippen molar-refractivity contribution in [2.24, 2.45) is 0 Å². The van der Waals surface area contributed by atoms with Gasteiger partial charge in [-0.1, -0.05) is 6.08 Å². The van der Waals surface area contributed by atoms with Gasteiger partial charge in [-0.3, -0.25) is 4.79 Å². The van der Waals surface area contributed by atoms with Gasteiger partial charge in [-0.05, 0) is 0 Å². The average Bonchev–Trinajstić information content (AvgIpc) is 2.21. The number of amides is 1. The fraction of sp³-hybridized carbons (Fsp3) is 0.556. The van der Waals surface area contributed by atoms with E-state index in [1.54, 1.807) is 6.08 Å². The summed E-state index contributed by atoms with van der Waals surface area (Å²) in [6, 6.07) is -0.637. The Morgan fingerprint density at radius 1 is 1.64 bits per heavy atom. The zero-order chi connectivity index (χ0) is 10.8. The summed E-state index contributed by atoms with van der Waals surface area (Å²) in [6.07, 6.45) is 2.47. The summed E-state index contributed by atoms with van der Waals surface area (Å²) in [7, 11) is 1.27. The second kappa shape index (κ2) is 8.25. The van der Waals surface area contributed by atoms with E-state index in [1.165, 1.54) is 7.11 Å². The number of nitrogens with one attached hydrogen (secondary N) is 1.